The first-order valence-corrected chi connectivity index (χ1v) is 6.99. The van der Waals surface area contributed by atoms with E-state index in [1.54, 1.807) is 19.2 Å². The summed E-state index contributed by atoms with van der Waals surface area (Å²) in [6.45, 7) is 0. The number of rotatable bonds is 4. The zero-order valence-corrected chi connectivity index (χ0v) is 11.5. The van der Waals surface area contributed by atoms with Crippen LogP contribution in [0, 0.1) is 5.82 Å². The second-order valence-corrected chi connectivity index (χ2v) is 5.34. The summed E-state index contributed by atoms with van der Waals surface area (Å²) in [7, 11) is 1.62. The van der Waals surface area contributed by atoms with Gasteiger partial charge in [0.15, 0.2) is 5.78 Å². The number of halogens is 1. The lowest BCUT2D eigenvalue weighted by molar-refractivity contribution is -0.142. The van der Waals surface area contributed by atoms with Crippen molar-refractivity contribution in [1.29, 1.82) is 0 Å². The van der Waals surface area contributed by atoms with Gasteiger partial charge in [0.2, 0.25) is 0 Å². The predicted molar refractivity (Wildman–Crippen MR) is 72.6 cm³/mol. The molecule has 1 aliphatic rings. The number of ketones is 1. The van der Waals surface area contributed by atoms with Gasteiger partial charge in [-0.05, 0) is 30.5 Å². The molecule has 0 N–H and O–H groups in total. The Kier molecular flexibility index (Phi) is 4.70. The van der Waals surface area contributed by atoms with Gasteiger partial charge < -0.3 is 4.74 Å². The third-order valence-electron chi connectivity index (χ3n) is 4.06. The fourth-order valence-corrected chi connectivity index (χ4v) is 2.89. The van der Waals surface area contributed by atoms with Crippen molar-refractivity contribution in [2.45, 2.75) is 50.5 Å². The van der Waals surface area contributed by atoms with Crippen molar-refractivity contribution in [1.82, 2.24) is 0 Å². The molecule has 104 valence electrons. The minimum Gasteiger partial charge on any atom is -0.370 e. The summed E-state index contributed by atoms with van der Waals surface area (Å²) in [6.07, 6.45) is 6.23. The van der Waals surface area contributed by atoms with Crippen molar-refractivity contribution in [3.8, 4) is 0 Å². The van der Waals surface area contributed by atoms with Crippen LogP contribution in [0.4, 0.5) is 4.39 Å². The second kappa shape index (κ2) is 6.29. The molecule has 0 amide bonds. The van der Waals surface area contributed by atoms with Crippen molar-refractivity contribution in [2.75, 3.05) is 7.11 Å². The number of carbonyl (C=O) groups excluding carboxylic acids is 1. The van der Waals surface area contributed by atoms with Gasteiger partial charge in [0.1, 0.15) is 11.4 Å². The number of methoxy groups -OCH3 is 1. The normalized spacial score (nSPS) is 18.8. The molecule has 0 aliphatic heterocycles. The van der Waals surface area contributed by atoms with E-state index >= 15 is 0 Å². The molecule has 2 rings (SSSR count). The van der Waals surface area contributed by atoms with Crippen LogP contribution in [0.1, 0.15) is 44.1 Å². The largest absolute Gasteiger partial charge is 0.370 e. The Bertz CT molecular complexity index is 434. The van der Waals surface area contributed by atoms with Crippen LogP contribution in [-0.4, -0.2) is 18.5 Å². The third-order valence-corrected chi connectivity index (χ3v) is 4.06. The van der Waals surface area contributed by atoms with Crippen LogP contribution >= 0.6 is 0 Å². The summed E-state index contributed by atoms with van der Waals surface area (Å²) < 4.78 is 18.7. The van der Waals surface area contributed by atoms with E-state index in [0.29, 0.717) is 0 Å². The molecule has 1 aliphatic carbocycles. The first-order valence-electron chi connectivity index (χ1n) is 6.99. The lowest BCUT2D eigenvalue weighted by Gasteiger charge is -2.29. The summed E-state index contributed by atoms with van der Waals surface area (Å²) >= 11 is 0. The number of carbonyl (C=O) groups is 1. The number of Topliss-reactive ketones (excluding diaryl/α,β-unsaturated/α-hetero) is 1. The lowest BCUT2D eigenvalue weighted by Crippen LogP contribution is -2.41. The average Bonchev–Trinajstić information content (AvgIpc) is 2.65. The van der Waals surface area contributed by atoms with Gasteiger partial charge in [0.25, 0.3) is 0 Å². The molecule has 0 bridgehead atoms. The van der Waals surface area contributed by atoms with E-state index in [-0.39, 0.29) is 18.0 Å². The predicted octanol–water partition coefficient (Wildman–Crippen LogP) is 3.68. The van der Waals surface area contributed by atoms with Crippen LogP contribution in [-0.2, 0) is 16.0 Å². The molecule has 0 aromatic heterocycles. The monoisotopic (exact) mass is 264 g/mol. The minimum atomic E-state index is -0.650. The van der Waals surface area contributed by atoms with E-state index < -0.39 is 5.60 Å². The maximum absolute atomic E-state index is 13.2. The SMILES string of the molecule is COC1(C(=O)Cc2cccc(F)c2)CCCCCC1. The fraction of sp³-hybridized carbons (Fsp3) is 0.562. The lowest BCUT2D eigenvalue weighted by atomic mass is 9.86. The van der Waals surface area contributed by atoms with Gasteiger partial charge >= 0.3 is 0 Å². The molecular weight excluding hydrogens is 243 g/mol. The molecule has 0 unspecified atom stereocenters. The summed E-state index contributed by atoms with van der Waals surface area (Å²) in [5.74, 6) is -0.208. The van der Waals surface area contributed by atoms with E-state index in [0.717, 1.165) is 31.2 Å². The molecule has 0 spiro atoms. The first kappa shape index (κ1) is 14.2. The first-order chi connectivity index (χ1) is 9.16. The maximum Gasteiger partial charge on any atom is 0.168 e. The van der Waals surface area contributed by atoms with Gasteiger partial charge in [-0.1, -0.05) is 37.8 Å². The summed E-state index contributed by atoms with van der Waals surface area (Å²) in [6, 6.07) is 6.26. The number of hydrogen-bond acceptors (Lipinski definition) is 2. The minimum absolute atomic E-state index is 0.0856. The molecule has 0 saturated heterocycles. The summed E-state index contributed by atoms with van der Waals surface area (Å²) in [5, 5.41) is 0. The van der Waals surface area contributed by atoms with E-state index in [1.165, 1.54) is 25.0 Å². The van der Waals surface area contributed by atoms with Crippen LogP contribution in [0.15, 0.2) is 24.3 Å². The van der Waals surface area contributed by atoms with Crippen LogP contribution in [0.3, 0.4) is 0 Å². The van der Waals surface area contributed by atoms with Crippen LogP contribution in [0.25, 0.3) is 0 Å². The zero-order valence-electron chi connectivity index (χ0n) is 11.5. The highest BCUT2D eigenvalue weighted by Gasteiger charge is 2.37. The number of benzene rings is 1. The molecule has 0 heterocycles. The standard InChI is InChI=1S/C16H21FO2/c1-19-16(9-4-2-3-5-10-16)15(18)12-13-7-6-8-14(17)11-13/h6-8,11H,2-5,9-10,12H2,1H3. The molecule has 1 saturated carbocycles. The van der Waals surface area contributed by atoms with Crippen molar-refractivity contribution in [3.63, 3.8) is 0 Å². The highest BCUT2D eigenvalue weighted by Crippen LogP contribution is 2.31. The van der Waals surface area contributed by atoms with E-state index in [4.69, 9.17) is 4.74 Å². The van der Waals surface area contributed by atoms with Crippen LogP contribution in [0.5, 0.6) is 0 Å². The van der Waals surface area contributed by atoms with Crippen molar-refractivity contribution in [3.05, 3.63) is 35.6 Å². The van der Waals surface area contributed by atoms with Crippen LogP contribution in [0.2, 0.25) is 0 Å². The molecule has 2 nitrogen and oxygen atoms in total. The fourth-order valence-electron chi connectivity index (χ4n) is 2.89. The molecule has 1 aromatic carbocycles. The Morgan fingerprint density at radius 2 is 1.95 bits per heavy atom. The topological polar surface area (TPSA) is 26.3 Å². The Balaban J connectivity index is 2.12. The highest BCUT2D eigenvalue weighted by atomic mass is 19.1. The summed E-state index contributed by atoms with van der Waals surface area (Å²) in [5.41, 5.74) is 0.0775. The summed E-state index contributed by atoms with van der Waals surface area (Å²) in [4.78, 5) is 12.5. The van der Waals surface area contributed by atoms with Crippen LogP contribution < -0.4 is 0 Å². The Labute approximate surface area is 114 Å². The smallest absolute Gasteiger partial charge is 0.168 e. The molecule has 3 heteroatoms. The molecule has 19 heavy (non-hydrogen) atoms. The van der Waals surface area contributed by atoms with Gasteiger partial charge in [0.05, 0.1) is 0 Å². The third kappa shape index (κ3) is 3.41. The van der Waals surface area contributed by atoms with E-state index in [2.05, 4.69) is 0 Å². The quantitative estimate of drug-likeness (QED) is 0.775. The Morgan fingerprint density at radius 3 is 2.53 bits per heavy atom. The Morgan fingerprint density at radius 1 is 1.26 bits per heavy atom. The Hall–Kier alpha value is -1.22. The number of ether oxygens (including phenoxy) is 1. The van der Waals surface area contributed by atoms with Crippen molar-refractivity contribution in [2.24, 2.45) is 0 Å². The molecule has 0 atom stereocenters. The second-order valence-electron chi connectivity index (χ2n) is 5.34. The van der Waals surface area contributed by atoms with Gasteiger partial charge in [-0.25, -0.2) is 4.39 Å². The van der Waals surface area contributed by atoms with Crippen molar-refractivity contribution < 1.29 is 13.9 Å². The zero-order chi connectivity index (χ0) is 13.7. The molecule has 1 aromatic rings. The maximum atomic E-state index is 13.2. The van der Waals surface area contributed by atoms with E-state index in [1.807, 2.05) is 0 Å². The van der Waals surface area contributed by atoms with Gasteiger partial charge in [0, 0.05) is 13.5 Å². The molecule has 0 radical (unpaired) electrons. The molecular formula is C16H21FO2. The van der Waals surface area contributed by atoms with E-state index in [9.17, 15) is 9.18 Å². The van der Waals surface area contributed by atoms with Crippen molar-refractivity contribution >= 4 is 5.78 Å². The average molecular weight is 264 g/mol. The van der Waals surface area contributed by atoms with Gasteiger partial charge in [-0.15, -0.1) is 0 Å². The number of hydrogen-bond donors (Lipinski definition) is 0. The highest BCUT2D eigenvalue weighted by molar-refractivity contribution is 5.89. The van der Waals surface area contributed by atoms with Gasteiger partial charge in [-0.2, -0.15) is 0 Å². The molecule has 1 fully saturated rings. The van der Waals surface area contributed by atoms with Gasteiger partial charge in [-0.3, -0.25) is 4.79 Å².